The van der Waals surface area contributed by atoms with E-state index in [2.05, 4.69) is 0 Å². The fraction of sp³-hybridized carbons (Fsp3) is 0. The van der Waals surface area contributed by atoms with Gasteiger partial charge in [0.25, 0.3) is 0 Å². The summed E-state index contributed by atoms with van der Waals surface area (Å²) in [5.74, 6) is 0. The van der Waals surface area contributed by atoms with Gasteiger partial charge in [-0.1, -0.05) is 0 Å². The van der Waals surface area contributed by atoms with Crippen molar-refractivity contribution < 1.29 is 49.1 Å². The molecule has 0 radical (unpaired) electrons. The summed E-state index contributed by atoms with van der Waals surface area (Å²) in [4.78, 5) is 15.7. The first kappa shape index (κ1) is 16.0. The standard InChI is InChI=1S/Na.HO3Si.H2O/c;1-4(2)3;/h;1H;1H2/q+1;-1;. The normalized spacial score (nSPS) is 4.00. The monoisotopic (exact) mass is 118 g/mol. The van der Waals surface area contributed by atoms with Crippen LogP contribution in [0.3, 0.4) is 0 Å². The minimum absolute atomic E-state index is 0. The van der Waals surface area contributed by atoms with Gasteiger partial charge in [0, 0.05) is 0 Å². The molecule has 0 aromatic heterocycles. The van der Waals surface area contributed by atoms with E-state index in [4.69, 9.17) is 14.1 Å². The molecule has 0 aliphatic carbocycles. The third-order valence-electron chi connectivity index (χ3n) is 0. The Morgan fingerprint density at radius 2 is 1.67 bits per heavy atom. The predicted octanol–water partition coefficient (Wildman–Crippen LogP) is -6.07. The van der Waals surface area contributed by atoms with Crippen molar-refractivity contribution in [2.75, 3.05) is 0 Å². The summed E-state index contributed by atoms with van der Waals surface area (Å²) in [5, 5.41) is 0. The largest absolute Gasteiger partial charge is 1.00 e. The zero-order valence-electron chi connectivity index (χ0n) is 3.26. The summed E-state index contributed by atoms with van der Waals surface area (Å²) in [5.41, 5.74) is 0. The average Bonchev–Trinajstić information content (AvgIpc) is 0.811. The summed E-state index contributed by atoms with van der Waals surface area (Å²) >= 11 is 0. The van der Waals surface area contributed by atoms with Gasteiger partial charge in [-0.05, 0) is 0 Å². The van der Waals surface area contributed by atoms with Crippen molar-refractivity contribution in [3.63, 3.8) is 0 Å². The van der Waals surface area contributed by atoms with Crippen molar-refractivity contribution in [1.29, 1.82) is 0 Å². The molecule has 0 aliphatic heterocycles. The van der Waals surface area contributed by atoms with Gasteiger partial charge in [0.05, 0.1) is 0 Å². The number of hydrogen-bond donors (Lipinski definition) is 1. The molecule has 3 N–H and O–H groups in total. The molecule has 0 heterocycles. The van der Waals surface area contributed by atoms with Crippen LogP contribution in [0.25, 0.3) is 0 Å². The maximum atomic E-state index is 8.63. The third kappa shape index (κ3) is 176. The summed E-state index contributed by atoms with van der Waals surface area (Å²) in [6.07, 6.45) is 0. The molecule has 0 saturated carbocycles. The Labute approximate surface area is 58.3 Å². The van der Waals surface area contributed by atoms with Crippen molar-refractivity contribution in [2.45, 2.75) is 0 Å². The van der Waals surface area contributed by atoms with Gasteiger partial charge in [-0.25, -0.2) is 0 Å². The molecule has 6 heavy (non-hydrogen) atoms. The van der Waals surface area contributed by atoms with Crippen LogP contribution in [0.5, 0.6) is 0 Å². The first-order valence-electron chi connectivity index (χ1n) is 0.632. The van der Waals surface area contributed by atoms with E-state index in [9.17, 15) is 0 Å². The molecular formula is H3NaO4Si. The Morgan fingerprint density at radius 1 is 1.67 bits per heavy atom. The summed E-state index contributed by atoms with van der Waals surface area (Å²) in [7, 11) is -3.38. The molecule has 0 fully saturated rings. The van der Waals surface area contributed by atoms with E-state index in [-0.39, 0.29) is 35.0 Å². The van der Waals surface area contributed by atoms with Crippen LogP contribution >= 0.6 is 0 Å². The molecule has 0 aromatic rings. The van der Waals surface area contributed by atoms with Crippen LogP contribution in [0, 0.1) is 0 Å². The van der Waals surface area contributed by atoms with Crippen LogP contribution in [0.1, 0.15) is 0 Å². The van der Waals surface area contributed by atoms with Crippen molar-refractivity contribution in [3.8, 4) is 0 Å². The zero-order chi connectivity index (χ0) is 3.58. The van der Waals surface area contributed by atoms with Gasteiger partial charge in [-0.3, -0.25) is 0 Å². The van der Waals surface area contributed by atoms with Crippen molar-refractivity contribution in [3.05, 3.63) is 0 Å². The fourth-order valence-corrected chi connectivity index (χ4v) is 0. The van der Waals surface area contributed by atoms with Crippen molar-refractivity contribution in [2.24, 2.45) is 0 Å². The number of rotatable bonds is 0. The van der Waals surface area contributed by atoms with Crippen LogP contribution in [0.2, 0.25) is 0 Å². The molecule has 0 amide bonds. The van der Waals surface area contributed by atoms with Crippen LogP contribution in [0.4, 0.5) is 0 Å². The first-order valence-corrected chi connectivity index (χ1v) is 1.90. The first-order chi connectivity index (χ1) is 1.73. The summed E-state index contributed by atoms with van der Waals surface area (Å²) in [6, 6.07) is 0. The Kier molecular flexibility index (Phi) is 24.3. The Hall–Kier alpha value is 0.577. The molecule has 32 valence electrons. The molecule has 0 bridgehead atoms. The molecule has 0 saturated heterocycles. The van der Waals surface area contributed by atoms with E-state index in [1.54, 1.807) is 0 Å². The van der Waals surface area contributed by atoms with Crippen LogP contribution in [0.15, 0.2) is 0 Å². The summed E-state index contributed by atoms with van der Waals surface area (Å²) < 4.78 is 8.63. The van der Waals surface area contributed by atoms with Crippen LogP contribution < -0.4 is 34.4 Å². The predicted molar refractivity (Wildman–Crippen MR) is 12.3 cm³/mol. The molecule has 4 nitrogen and oxygen atoms in total. The van der Waals surface area contributed by atoms with Crippen molar-refractivity contribution in [1.82, 2.24) is 0 Å². The van der Waals surface area contributed by atoms with E-state index in [1.807, 2.05) is 0 Å². The minimum atomic E-state index is -3.38. The van der Waals surface area contributed by atoms with Gasteiger partial charge in [0.15, 0.2) is 0 Å². The second-order valence-corrected chi connectivity index (χ2v) is 0.798. The van der Waals surface area contributed by atoms with E-state index < -0.39 is 9.17 Å². The summed E-state index contributed by atoms with van der Waals surface area (Å²) in [6.45, 7) is 0. The Morgan fingerprint density at radius 3 is 1.67 bits per heavy atom. The van der Waals surface area contributed by atoms with Gasteiger partial charge in [-0.15, -0.1) is 0 Å². The molecule has 0 aliphatic rings. The number of hydrogen-bond acceptors (Lipinski definition) is 2. The van der Waals surface area contributed by atoms with Gasteiger partial charge in [0.1, 0.15) is 0 Å². The third-order valence-corrected chi connectivity index (χ3v) is 0. The molecule has 0 rings (SSSR count). The van der Waals surface area contributed by atoms with E-state index in [1.165, 1.54) is 0 Å². The van der Waals surface area contributed by atoms with Crippen molar-refractivity contribution >= 4 is 9.17 Å². The zero-order valence-corrected chi connectivity index (χ0v) is 6.26. The average molecular weight is 118 g/mol. The Bertz CT molecular complexity index is 30.5. The molecule has 6 heteroatoms. The maximum absolute atomic E-state index is 8.63. The van der Waals surface area contributed by atoms with E-state index in [0.29, 0.717) is 0 Å². The molecule has 0 atom stereocenters. The fourth-order valence-electron chi connectivity index (χ4n) is 0. The smallest absolute Gasteiger partial charge is 0.604 e. The quantitative estimate of drug-likeness (QED) is 0.321. The topological polar surface area (TPSA) is 91.9 Å². The van der Waals surface area contributed by atoms with Gasteiger partial charge < -0.3 is 19.5 Å². The molecular weight excluding hydrogens is 115 g/mol. The van der Waals surface area contributed by atoms with Crippen LogP contribution in [-0.4, -0.2) is 19.4 Å². The molecule has 0 aromatic carbocycles. The minimum Gasteiger partial charge on any atom is -0.604 e. The maximum Gasteiger partial charge on any atom is 1.00 e. The van der Waals surface area contributed by atoms with Gasteiger partial charge in [-0.2, -0.15) is 0 Å². The second kappa shape index (κ2) is 9.13. The van der Waals surface area contributed by atoms with E-state index >= 15 is 0 Å². The van der Waals surface area contributed by atoms with Gasteiger partial charge in [0.2, 0.25) is 0 Å². The second-order valence-electron chi connectivity index (χ2n) is 0.266. The molecule has 0 unspecified atom stereocenters. The van der Waals surface area contributed by atoms with Crippen LogP contribution in [-0.2, 0) is 4.46 Å². The molecule has 0 spiro atoms. The van der Waals surface area contributed by atoms with E-state index in [0.717, 1.165) is 0 Å². The Balaban J connectivity index is -0.0000000450. The SMILES string of the molecule is O.O=[Si]([O-])O.[Na+]. The van der Waals surface area contributed by atoms with Gasteiger partial charge >= 0.3 is 38.7 Å².